The number of nitrogens with zero attached hydrogens (tertiary/aromatic N) is 1. The van der Waals surface area contributed by atoms with E-state index in [0.717, 1.165) is 25.2 Å². The third-order valence-electron chi connectivity index (χ3n) is 3.27. The molecule has 0 aliphatic carbocycles. The highest BCUT2D eigenvalue weighted by Gasteiger charge is 2.32. The molecule has 0 aromatic heterocycles. The van der Waals surface area contributed by atoms with Gasteiger partial charge in [0.2, 0.25) is 0 Å². The third kappa shape index (κ3) is 1.97. The zero-order chi connectivity index (χ0) is 10.9. The molecule has 0 bridgehead atoms. The van der Waals surface area contributed by atoms with E-state index >= 15 is 0 Å². The summed E-state index contributed by atoms with van der Waals surface area (Å²) in [6.45, 7) is 3.95. The second-order valence-corrected chi connectivity index (χ2v) is 4.43. The van der Waals surface area contributed by atoms with Crippen LogP contribution < -0.4 is 10.2 Å². The molecule has 1 aliphatic rings. The number of benzene rings is 1. The lowest BCUT2D eigenvalue weighted by molar-refractivity contribution is 0.428. The van der Waals surface area contributed by atoms with Crippen LogP contribution in [-0.2, 0) is 0 Å². The maximum absolute atomic E-state index is 13.5. The maximum atomic E-state index is 13.5. The fourth-order valence-electron chi connectivity index (χ4n) is 2.08. The molecule has 0 amide bonds. The Morgan fingerprint density at radius 3 is 2.73 bits per heavy atom. The van der Waals surface area contributed by atoms with Crippen LogP contribution in [-0.4, -0.2) is 25.7 Å². The Balaban J connectivity index is 2.18. The number of nitrogens with one attached hydrogen (secondary N) is 1. The summed E-state index contributed by atoms with van der Waals surface area (Å²) in [5.41, 5.74) is 0.832. The number of anilines is 1. The van der Waals surface area contributed by atoms with E-state index in [2.05, 4.69) is 17.1 Å². The summed E-state index contributed by atoms with van der Waals surface area (Å²) in [6, 6.07) is 6.97. The summed E-state index contributed by atoms with van der Waals surface area (Å²) in [7, 11) is 1.96. The molecule has 0 radical (unpaired) electrons. The highest BCUT2D eigenvalue weighted by molar-refractivity contribution is 5.49. The van der Waals surface area contributed by atoms with Crippen molar-refractivity contribution in [2.45, 2.75) is 18.9 Å². The Hall–Kier alpha value is -1.09. The summed E-state index contributed by atoms with van der Waals surface area (Å²) < 4.78 is 13.5. The molecule has 1 aromatic carbocycles. The zero-order valence-corrected chi connectivity index (χ0v) is 9.26. The van der Waals surface area contributed by atoms with Gasteiger partial charge in [0.25, 0.3) is 0 Å². The minimum absolute atomic E-state index is 0.113. The molecule has 15 heavy (non-hydrogen) atoms. The number of halogens is 1. The molecular weight excluding hydrogens is 191 g/mol. The normalized spacial score (nSPS) is 25.9. The van der Waals surface area contributed by atoms with Gasteiger partial charge in [-0.1, -0.05) is 12.1 Å². The van der Waals surface area contributed by atoms with Crippen molar-refractivity contribution < 1.29 is 4.39 Å². The summed E-state index contributed by atoms with van der Waals surface area (Å²) >= 11 is 0. The molecule has 1 N–H and O–H groups in total. The number of likely N-dealkylation sites (N-methyl/N-ethyl adjacent to an activating group) is 1. The third-order valence-corrected chi connectivity index (χ3v) is 3.27. The largest absolute Gasteiger partial charge is 0.367 e. The van der Waals surface area contributed by atoms with Crippen molar-refractivity contribution in [3.05, 3.63) is 30.1 Å². The summed E-state index contributed by atoms with van der Waals surface area (Å²) in [5, 5.41) is 3.30. The van der Waals surface area contributed by atoms with Gasteiger partial charge < -0.3 is 10.2 Å². The molecule has 1 unspecified atom stereocenters. The molecule has 3 heteroatoms. The standard InChI is InChI=1S/C12H17FN2/c1-12(14-2)7-8-15(9-12)11-6-4-3-5-10(11)13/h3-6,14H,7-9H2,1-2H3. The van der Waals surface area contributed by atoms with Gasteiger partial charge in [-0.15, -0.1) is 0 Å². The van der Waals surface area contributed by atoms with Gasteiger partial charge in [-0.05, 0) is 32.5 Å². The Morgan fingerprint density at radius 2 is 2.13 bits per heavy atom. The molecule has 0 saturated carbocycles. The minimum atomic E-state index is -0.127. The number of rotatable bonds is 2. The van der Waals surface area contributed by atoms with E-state index in [1.165, 1.54) is 6.07 Å². The van der Waals surface area contributed by atoms with Crippen LogP contribution in [0.2, 0.25) is 0 Å². The van der Waals surface area contributed by atoms with Crippen LogP contribution in [0, 0.1) is 5.82 Å². The van der Waals surface area contributed by atoms with Crippen molar-refractivity contribution >= 4 is 5.69 Å². The lowest BCUT2D eigenvalue weighted by atomic mass is 10.0. The second-order valence-electron chi connectivity index (χ2n) is 4.43. The van der Waals surface area contributed by atoms with Gasteiger partial charge in [0, 0.05) is 18.6 Å². The SMILES string of the molecule is CNC1(C)CCN(c2ccccc2F)C1. The van der Waals surface area contributed by atoms with Gasteiger partial charge in [-0.25, -0.2) is 4.39 Å². The first-order valence-corrected chi connectivity index (χ1v) is 5.33. The Morgan fingerprint density at radius 1 is 1.40 bits per heavy atom. The highest BCUT2D eigenvalue weighted by Crippen LogP contribution is 2.27. The average molecular weight is 208 g/mol. The van der Waals surface area contributed by atoms with E-state index in [9.17, 15) is 4.39 Å². The molecule has 0 spiro atoms. The van der Waals surface area contributed by atoms with Crippen LogP contribution in [0.5, 0.6) is 0 Å². The van der Waals surface area contributed by atoms with Gasteiger partial charge >= 0.3 is 0 Å². The Labute approximate surface area is 90.1 Å². The van der Waals surface area contributed by atoms with Crippen LogP contribution in [0.1, 0.15) is 13.3 Å². The van der Waals surface area contributed by atoms with Gasteiger partial charge in [0.15, 0.2) is 0 Å². The lowest BCUT2D eigenvalue weighted by Crippen LogP contribution is -2.42. The van der Waals surface area contributed by atoms with E-state index in [1.54, 1.807) is 6.07 Å². The van der Waals surface area contributed by atoms with Crippen LogP contribution in [0.15, 0.2) is 24.3 Å². The van der Waals surface area contributed by atoms with Gasteiger partial charge in [0.1, 0.15) is 5.82 Å². The minimum Gasteiger partial charge on any atom is -0.367 e. The van der Waals surface area contributed by atoms with Crippen LogP contribution in [0.4, 0.5) is 10.1 Å². The van der Waals surface area contributed by atoms with E-state index < -0.39 is 0 Å². The van der Waals surface area contributed by atoms with Crippen molar-refractivity contribution in [1.29, 1.82) is 0 Å². The van der Waals surface area contributed by atoms with Crippen molar-refractivity contribution in [3.63, 3.8) is 0 Å². The molecule has 1 heterocycles. The van der Waals surface area contributed by atoms with E-state index in [1.807, 2.05) is 19.2 Å². The summed E-state index contributed by atoms with van der Waals surface area (Å²) in [4.78, 5) is 2.10. The molecule has 2 nitrogen and oxygen atoms in total. The molecule has 1 fully saturated rings. The smallest absolute Gasteiger partial charge is 0.146 e. The monoisotopic (exact) mass is 208 g/mol. The fraction of sp³-hybridized carbons (Fsp3) is 0.500. The van der Waals surface area contributed by atoms with Crippen LogP contribution >= 0.6 is 0 Å². The quantitative estimate of drug-likeness (QED) is 0.800. The summed E-state index contributed by atoms with van der Waals surface area (Å²) in [6.07, 6.45) is 1.05. The number of hydrogen-bond acceptors (Lipinski definition) is 2. The summed E-state index contributed by atoms with van der Waals surface area (Å²) in [5.74, 6) is -0.127. The maximum Gasteiger partial charge on any atom is 0.146 e. The molecule has 1 aliphatic heterocycles. The number of para-hydroxylation sites is 1. The van der Waals surface area contributed by atoms with Crippen molar-refractivity contribution in [2.24, 2.45) is 0 Å². The molecule has 1 saturated heterocycles. The molecule has 1 aromatic rings. The van der Waals surface area contributed by atoms with Crippen molar-refractivity contribution in [3.8, 4) is 0 Å². The molecule has 82 valence electrons. The molecule has 1 atom stereocenters. The van der Waals surface area contributed by atoms with Gasteiger partial charge in [0.05, 0.1) is 5.69 Å². The first kappa shape index (κ1) is 10.4. The Bertz CT molecular complexity index is 353. The van der Waals surface area contributed by atoms with E-state index in [0.29, 0.717) is 0 Å². The fourth-order valence-corrected chi connectivity index (χ4v) is 2.08. The topological polar surface area (TPSA) is 15.3 Å². The molecular formula is C12H17FN2. The highest BCUT2D eigenvalue weighted by atomic mass is 19.1. The van der Waals surface area contributed by atoms with Crippen molar-refractivity contribution in [1.82, 2.24) is 5.32 Å². The van der Waals surface area contributed by atoms with E-state index in [4.69, 9.17) is 0 Å². The predicted octanol–water partition coefficient (Wildman–Crippen LogP) is 2.01. The van der Waals surface area contributed by atoms with Gasteiger partial charge in [-0.3, -0.25) is 0 Å². The second kappa shape index (κ2) is 3.81. The zero-order valence-electron chi connectivity index (χ0n) is 9.26. The van der Waals surface area contributed by atoms with Crippen LogP contribution in [0.25, 0.3) is 0 Å². The lowest BCUT2D eigenvalue weighted by Gasteiger charge is -2.25. The Kier molecular flexibility index (Phi) is 2.65. The van der Waals surface area contributed by atoms with E-state index in [-0.39, 0.29) is 11.4 Å². The first-order chi connectivity index (χ1) is 7.14. The van der Waals surface area contributed by atoms with Gasteiger partial charge in [-0.2, -0.15) is 0 Å². The number of hydrogen-bond donors (Lipinski definition) is 1. The molecule has 2 rings (SSSR count). The first-order valence-electron chi connectivity index (χ1n) is 5.33. The predicted molar refractivity (Wildman–Crippen MR) is 60.7 cm³/mol. The van der Waals surface area contributed by atoms with Crippen LogP contribution in [0.3, 0.4) is 0 Å². The van der Waals surface area contributed by atoms with Crippen molar-refractivity contribution in [2.75, 3.05) is 25.0 Å². The average Bonchev–Trinajstić information content (AvgIpc) is 2.63.